The molecule has 2 atom stereocenters. The molecule has 0 radical (unpaired) electrons. The van der Waals surface area contributed by atoms with Gasteiger partial charge >= 0.3 is 5.97 Å². The van der Waals surface area contributed by atoms with E-state index < -0.39 is 12.0 Å². The van der Waals surface area contributed by atoms with Crippen LogP contribution in [0.5, 0.6) is 0 Å². The summed E-state index contributed by atoms with van der Waals surface area (Å²) in [5.74, 6) is -0.734. The summed E-state index contributed by atoms with van der Waals surface area (Å²) in [7, 11) is 2.10. The van der Waals surface area contributed by atoms with Gasteiger partial charge in [-0.05, 0) is 60.8 Å². The SMILES string of the molecule is CN1Cc2c(Cl)cc(Cl)cc2C(c2cccc(N)c2)C1.NC(N)=NCCC[C@H](N)C(=O)O. The molecular formula is C22H30Cl2N6O2. The number of halogens is 2. The predicted molar refractivity (Wildman–Crippen MR) is 131 cm³/mol. The van der Waals surface area contributed by atoms with Crippen molar-refractivity contribution in [2.45, 2.75) is 31.3 Å². The van der Waals surface area contributed by atoms with E-state index in [1.165, 1.54) is 11.1 Å². The van der Waals surface area contributed by atoms with Crippen molar-refractivity contribution in [2.75, 3.05) is 25.9 Å². The third-order valence-electron chi connectivity index (χ3n) is 5.09. The van der Waals surface area contributed by atoms with Gasteiger partial charge in [-0.15, -0.1) is 0 Å². The zero-order valence-corrected chi connectivity index (χ0v) is 19.5. The fourth-order valence-corrected chi connectivity index (χ4v) is 4.12. The minimum Gasteiger partial charge on any atom is -0.480 e. The summed E-state index contributed by atoms with van der Waals surface area (Å²) in [6.07, 6.45) is 0.956. The van der Waals surface area contributed by atoms with Gasteiger partial charge in [0.25, 0.3) is 0 Å². The van der Waals surface area contributed by atoms with E-state index in [2.05, 4.69) is 23.0 Å². The van der Waals surface area contributed by atoms with Crippen molar-refractivity contribution in [3.8, 4) is 0 Å². The molecule has 174 valence electrons. The maximum atomic E-state index is 10.2. The molecule has 1 heterocycles. The Bertz CT molecular complexity index is 965. The van der Waals surface area contributed by atoms with Gasteiger partial charge in [-0.1, -0.05) is 35.3 Å². The minimum absolute atomic E-state index is 0.0129. The molecule has 3 rings (SSSR count). The summed E-state index contributed by atoms with van der Waals surface area (Å²) < 4.78 is 0. The standard InChI is InChI=1S/C16H16Cl2N2.C6H14N4O2/c1-20-8-14(10-3-2-4-12(19)5-10)13-6-11(17)7-16(18)15(13)9-20;7-4(5(11)12)2-1-3-10-6(8)9/h2-7,14H,8-9,19H2,1H3;4H,1-3,7H2,(H,11,12)(H4,8,9,10)/t;4-/m.0/s1. The van der Waals surface area contributed by atoms with Gasteiger partial charge in [-0.2, -0.15) is 0 Å². The lowest BCUT2D eigenvalue weighted by molar-refractivity contribution is -0.138. The zero-order valence-electron chi connectivity index (χ0n) is 18.0. The first-order valence-corrected chi connectivity index (χ1v) is 10.9. The number of hydrogen-bond acceptors (Lipinski definition) is 5. The van der Waals surface area contributed by atoms with Gasteiger partial charge in [0.15, 0.2) is 5.96 Å². The average Bonchev–Trinajstić information content (AvgIpc) is 2.71. The number of nitrogens with zero attached hydrogens (tertiary/aromatic N) is 2. The number of carboxylic acids is 1. The van der Waals surface area contributed by atoms with E-state index in [0.29, 0.717) is 24.4 Å². The Kier molecular flexibility index (Phi) is 9.59. The molecule has 8 nitrogen and oxygen atoms in total. The number of guanidine groups is 1. The highest BCUT2D eigenvalue weighted by Crippen LogP contribution is 2.38. The highest BCUT2D eigenvalue weighted by molar-refractivity contribution is 6.35. The Morgan fingerprint density at radius 1 is 1.28 bits per heavy atom. The van der Waals surface area contributed by atoms with Crippen LogP contribution in [0.3, 0.4) is 0 Å². The summed E-state index contributed by atoms with van der Waals surface area (Å²) in [6, 6.07) is 11.1. The second-order valence-electron chi connectivity index (χ2n) is 7.77. The van der Waals surface area contributed by atoms with Gasteiger partial charge in [0.2, 0.25) is 0 Å². The predicted octanol–water partition coefficient (Wildman–Crippen LogP) is 2.60. The van der Waals surface area contributed by atoms with Crippen molar-refractivity contribution in [2.24, 2.45) is 22.2 Å². The van der Waals surface area contributed by atoms with Crippen molar-refractivity contribution in [1.29, 1.82) is 0 Å². The number of fused-ring (bicyclic) bond motifs is 1. The lowest BCUT2D eigenvalue weighted by atomic mass is 9.84. The molecule has 0 bridgehead atoms. The van der Waals surface area contributed by atoms with Crippen molar-refractivity contribution >= 4 is 40.8 Å². The van der Waals surface area contributed by atoms with E-state index in [0.717, 1.165) is 29.4 Å². The molecule has 0 saturated carbocycles. The normalized spacial score (nSPS) is 16.3. The van der Waals surface area contributed by atoms with Crippen LogP contribution in [-0.4, -0.2) is 48.1 Å². The van der Waals surface area contributed by atoms with Crippen LogP contribution in [-0.2, 0) is 11.3 Å². The molecule has 1 aliphatic heterocycles. The van der Waals surface area contributed by atoms with Crippen LogP contribution >= 0.6 is 23.2 Å². The Morgan fingerprint density at radius 3 is 2.62 bits per heavy atom. The maximum absolute atomic E-state index is 10.2. The minimum atomic E-state index is -1.00. The van der Waals surface area contributed by atoms with E-state index >= 15 is 0 Å². The Morgan fingerprint density at radius 2 is 2.00 bits per heavy atom. The summed E-state index contributed by atoms with van der Waals surface area (Å²) in [5, 5.41) is 9.81. The third-order valence-corrected chi connectivity index (χ3v) is 5.65. The maximum Gasteiger partial charge on any atom is 0.320 e. The number of hydrogen-bond donors (Lipinski definition) is 5. The quantitative estimate of drug-likeness (QED) is 0.184. The van der Waals surface area contributed by atoms with Crippen LogP contribution in [0.15, 0.2) is 41.4 Å². The molecule has 0 fully saturated rings. The van der Waals surface area contributed by atoms with Crippen molar-refractivity contribution in [3.63, 3.8) is 0 Å². The number of nitrogens with two attached hydrogens (primary N) is 4. The van der Waals surface area contributed by atoms with E-state index in [1.807, 2.05) is 30.3 Å². The van der Waals surface area contributed by atoms with Gasteiger partial charge < -0.3 is 32.9 Å². The number of aliphatic imine (C=N–C) groups is 1. The first kappa shape index (κ1) is 25.7. The molecule has 0 aliphatic carbocycles. The molecule has 0 spiro atoms. The Balaban J connectivity index is 0.000000262. The summed E-state index contributed by atoms with van der Waals surface area (Å²) in [5.41, 5.74) is 25.6. The van der Waals surface area contributed by atoms with Crippen molar-refractivity contribution in [3.05, 3.63) is 63.1 Å². The van der Waals surface area contributed by atoms with Crippen LogP contribution in [0.4, 0.5) is 5.69 Å². The van der Waals surface area contributed by atoms with Gasteiger partial charge in [0.1, 0.15) is 6.04 Å². The van der Waals surface area contributed by atoms with Gasteiger partial charge in [0, 0.05) is 41.3 Å². The van der Waals surface area contributed by atoms with Gasteiger partial charge in [-0.25, -0.2) is 0 Å². The fraction of sp³-hybridized carbons (Fsp3) is 0.364. The molecule has 32 heavy (non-hydrogen) atoms. The molecule has 2 aromatic carbocycles. The lowest BCUT2D eigenvalue weighted by Crippen LogP contribution is -2.31. The number of aliphatic carboxylic acids is 1. The molecular weight excluding hydrogens is 451 g/mol. The van der Waals surface area contributed by atoms with E-state index in [4.69, 9.17) is 51.2 Å². The average molecular weight is 481 g/mol. The summed E-state index contributed by atoms with van der Waals surface area (Å²) >= 11 is 12.5. The molecule has 2 aromatic rings. The van der Waals surface area contributed by atoms with Gasteiger partial charge in [-0.3, -0.25) is 9.79 Å². The van der Waals surface area contributed by atoms with Crippen LogP contribution < -0.4 is 22.9 Å². The van der Waals surface area contributed by atoms with Crippen molar-refractivity contribution < 1.29 is 9.90 Å². The smallest absolute Gasteiger partial charge is 0.320 e. The lowest BCUT2D eigenvalue weighted by Gasteiger charge is -2.33. The van der Waals surface area contributed by atoms with Crippen molar-refractivity contribution in [1.82, 2.24) is 4.90 Å². The number of carbonyl (C=O) groups is 1. The molecule has 0 saturated heterocycles. The topological polar surface area (TPSA) is 157 Å². The first-order chi connectivity index (χ1) is 15.1. The zero-order chi connectivity index (χ0) is 23.8. The molecule has 1 unspecified atom stereocenters. The first-order valence-electron chi connectivity index (χ1n) is 10.1. The Labute approximate surface area is 198 Å². The third kappa shape index (κ3) is 7.56. The van der Waals surface area contributed by atoms with Crippen LogP contribution in [0.2, 0.25) is 10.0 Å². The highest BCUT2D eigenvalue weighted by atomic mass is 35.5. The second kappa shape index (κ2) is 11.9. The van der Waals surface area contributed by atoms with Crippen LogP contribution in [0, 0.1) is 0 Å². The molecule has 10 heteroatoms. The summed E-state index contributed by atoms with van der Waals surface area (Å²) in [6.45, 7) is 2.21. The number of carboxylic acid groups (broad SMARTS) is 1. The molecule has 9 N–H and O–H groups in total. The van der Waals surface area contributed by atoms with Gasteiger partial charge in [0.05, 0.1) is 0 Å². The van der Waals surface area contributed by atoms with E-state index in [9.17, 15) is 4.79 Å². The van der Waals surface area contributed by atoms with Crippen LogP contribution in [0.1, 0.15) is 35.4 Å². The van der Waals surface area contributed by atoms with Crippen LogP contribution in [0.25, 0.3) is 0 Å². The molecule has 0 aromatic heterocycles. The number of nitrogen functional groups attached to an aromatic ring is 1. The highest BCUT2D eigenvalue weighted by Gasteiger charge is 2.27. The number of rotatable bonds is 6. The number of likely N-dealkylation sites (N-methyl/N-ethyl adjacent to an activating group) is 1. The fourth-order valence-electron chi connectivity index (χ4n) is 3.55. The largest absolute Gasteiger partial charge is 0.480 e. The Hall–Kier alpha value is -2.52. The monoisotopic (exact) mass is 480 g/mol. The number of anilines is 1. The van der Waals surface area contributed by atoms with E-state index in [-0.39, 0.29) is 11.9 Å². The number of benzene rings is 2. The second-order valence-corrected chi connectivity index (χ2v) is 8.61. The molecule has 1 aliphatic rings. The molecule has 0 amide bonds. The summed E-state index contributed by atoms with van der Waals surface area (Å²) in [4.78, 5) is 16.2. The van der Waals surface area contributed by atoms with E-state index in [1.54, 1.807) is 0 Å².